The second-order valence-corrected chi connectivity index (χ2v) is 3.82. The van der Waals surface area contributed by atoms with Crippen LogP contribution >= 0.6 is 11.6 Å². The fourth-order valence-corrected chi connectivity index (χ4v) is 1.37. The number of alkyl halides is 1. The molecule has 1 rings (SSSR count). The molecule has 0 saturated heterocycles. The highest BCUT2D eigenvalue weighted by atomic mass is 35.5. The summed E-state index contributed by atoms with van der Waals surface area (Å²) in [5, 5.41) is -0.785. The monoisotopic (exact) mass is 246 g/mol. The number of halogens is 2. The SMILES string of the molecule is COc1cc(F)c(C(=O)C(C)Cl)cc1OC. The Morgan fingerprint density at radius 3 is 2.25 bits per heavy atom. The van der Waals surface area contributed by atoms with Crippen molar-refractivity contribution in [2.75, 3.05) is 14.2 Å². The van der Waals surface area contributed by atoms with E-state index < -0.39 is 17.0 Å². The third kappa shape index (κ3) is 2.44. The smallest absolute Gasteiger partial charge is 0.183 e. The van der Waals surface area contributed by atoms with Crippen LogP contribution in [-0.4, -0.2) is 25.4 Å². The average Bonchev–Trinajstić information content (AvgIpc) is 2.27. The Morgan fingerprint density at radius 1 is 1.31 bits per heavy atom. The summed E-state index contributed by atoms with van der Waals surface area (Å²) in [5.41, 5.74) is -0.0971. The van der Waals surface area contributed by atoms with Crippen LogP contribution in [0.3, 0.4) is 0 Å². The molecule has 5 heteroatoms. The van der Waals surface area contributed by atoms with Crippen LogP contribution < -0.4 is 9.47 Å². The number of hydrogen-bond acceptors (Lipinski definition) is 3. The first kappa shape index (κ1) is 12.8. The Hall–Kier alpha value is -1.29. The first-order chi connectivity index (χ1) is 7.51. The second-order valence-electron chi connectivity index (χ2n) is 3.17. The Balaban J connectivity index is 3.26. The number of methoxy groups -OCH3 is 2. The van der Waals surface area contributed by atoms with Gasteiger partial charge in [-0.3, -0.25) is 4.79 Å². The van der Waals surface area contributed by atoms with E-state index >= 15 is 0 Å². The van der Waals surface area contributed by atoms with E-state index in [0.29, 0.717) is 5.75 Å². The van der Waals surface area contributed by atoms with Crippen LogP contribution in [0.5, 0.6) is 11.5 Å². The van der Waals surface area contributed by atoms with Crippen molar-refractivity contribution in [3.8, 4) is 11.5 Å². The number of ketones is 1. The minimum Gasteiger partial charge on any atom is -0.493 e. The lowest BCUT2D eigenvalue weighted by Crippen LogP contribution is -2.13. The van der Waals surface area contributed by atoms with E-state index in [4.69, 9.17) is 21.1 Å². The van der Waals surface area contributed by atoms with Gasteiger partial charge < -0.3 is 9.47 Å². The topological polar surface area (TPSA) is 35.5 Å². The number of carbonyl (C=O) groups is 1. The normalized spacial score (nSPS) is 12.1. The number of Topliss-reactive ketones (excluding diaryl/α,β-unsaturated/α-hetero) is 1. The molecule has 1 atom stereocenters. The number of carbonyl (C=O) groups excluding carboxylic acids is 1. The summed E-state index contributed by atoms with van der Waals surface area (Å²) in [4.78, 5) is 11.6. The van der Waals surface area contributed by atoms with Crippen LogP contribution in [0.2, 0.25) is 0 Å². The highest BCUT2D eigenvalue weighted by molar-refractivity contribution is 6.33. The molecule has 0 amide bonds. The maximum absolute atomic E-state index is 13.5. The fourth-order valence-electron chi connectivity index (χ4n) is 1.26. The van der Waals surface area contributed by atoms with E-state index in [-0.39, 0.29) is 11.3 Å². The highest BCUT2D eigenvalue weighted by Crippen LogP contribution is 2.30. The first-order valence-electron chi connectivity index (χ1n) is 4.61. The third-order valence-corrected chi connectivity index (χ3v) is 2.30. The van der Waals surface area contributed by atoms with Crippen molar-refractivity contribution < 1.29 is 18.7 Å². The number of hydrogen-bond donors (Lipinski definition) is 0. The van der Waals surface area contributed by atoms with Crippen molar-refractivity contribution in [2.45, 2.75) is 12.3 Å². The molecule has 0 heterocycles. The quantitative estimate of drug-likeness (QED) is 0.605. The van der Waals surface area contributed by atoms with E-state index in [1.54, 1.807) is 0 Å². The summed E-state index contributed by atoms with van der Waals surface area (Å²) in [6.45, 7) is 1.49. The van der Waals surface area contributed by atoms with E-state index in [0.717, 1.165) is 6.07 Å². The molecule has 1 aromatic carbocycles. The lowest BCUT2D eigenvalue weighted by atomic mass is 10.1. The standard InChI is InChI=1S/C11H12ClFO3/c1-6(12)11(14)7-4-9(15-2)10(16-3)5-8(7)13/h4-6H,1-3H3. The fraction of sp³-hybridized carbons (Fsp3) is 0.364. The molecule has 0 spiro atoms. The van der Waals surface area contributed by atoms with Gasteiger partial charge in [0.15, 0.2) is 17.3 Å². The molecule has 1 unspecified atom stereocenters. The molecule has 0 aliphatic carbocycles. The van der Waals surface area contributed by atoms with Crippen molar-refractivity contribution in [3.63, 3.8) is 0 Å². The van der Waals surface area contributed by atoms with Gasteiger partial charge in [0.25, 0.3) is 0 Å². The zero-order valence-electron chi connectivity index (χ0n) is 9.21. The number of benzene rings is 1. The van der Waals surface area contributed by atoms with E-state index in [1.165, 1.54) is 27.2 Å². The molecule has 16 heavy (non-hydrogen) atoms. The summed E-state index contributed by atoms with van der Waals surface area (Å²) < 4.78 is 23.4. The molecule has 0 fully saturated rings. The summed E-state index contributed by atoms with van der Waals surface area (Å²) >= 11 is 5.62. The van der Waals surface area contributed by atoms with Crippen LogP contribution in [0.15, 0.2) is 12.1 Å². The van der Waals surface area contributed by atoms with Crippen molar-refractivity contribution in [3.05, 3.63) is 23.5 Å². The molecule has 3 nitrogen and oxygen atoms in total. The van der Waals surface area contributed by atoms with Crippen molar-refractivity contribution >= 4 is 17.4 Å². The van der Waals surface area contributed by atoms with Crippen LogP contribution in [0.1, 0.15) is 17.3 Å². The zero-order chi connectivity index (χ0) is 12.3. The Morgan fingerprint density at radius 2 is 1.81 bits per heavy atom. The predicted molar refractivity (Wildman–Crippen MR) is 59.1 cm³/mol. The van der Waals surface area contributed by atoms with Gasteiger partial charge in [-0.25, -0.2) is 4.39 Å². The predicted octanol–water partition coefficient (Wildman–Crippen LogP) is 2.65. The lowest BCUT2D eigenvalue weighted by Gasteiger charge is -2.10. The Bertz CT molecular complexity index is 404. The number of ether oxygens (including phenoxy) is 2. The van der Waals surface area contributed by atoms with Crippen LogP contribution in [0.25, 0.3) is 0 Å². The minimum absolute atomic E-state index is 0.0971. The molecular weight excluding hydrogens is 235 g/mol. The van der Waals surface area contributed by atoms with E-state index in [2.05, 4.69) is 0 Å². The maximum Gasteiger partial charge on any atom is 0.183 e. The molecule has 0 saturated carbocycles. The Kier molecular flexibility index (Phi) is 4.12. The highest BCUT2D eigenvalue weighted by Gasteiger charge is 2.20. The van der Waals surface area contributed by atoms with Gasteiger partial charge in [-0.05, 0) is 13.0 Å². The van der Waals surface area contributed by atoms with E-state index in [9.17, 15) is 9.18 Å². The second kappa shape index (κ2) is 5.16. The lowest BCUT2D eigenvalue weighted by molar-refractivity contribution is 0.0987. The Labute approximate surface area is 98.1 Å². The van der Waals surface area contributed by atoms with Gasteiger partial charge in [0.05, 0.1) is 25.2 Å². The molecule has 88 valence electrons. The molecule has 0 N–H and O–H groups in total. The van der Waals surface area contributed by atoms with Gasteiger partial charge in [0, 0.05) is 6.07 Å². The van der Waals surface area contributed by atoms with Gasteiger partial charge in [-0.15, -0.1) is 11.6 Å². The zero-order valence-corrected chi connectivity index (χ0v) is 9.97. The largest absolute Gasteiger partial charge is 0.493 e. The maximum atomic E-state index is 13.5. The summed E-state index contributed by atoms with van der Waals surface area (Å²) in [6, 6.07) is 2.39. The third-order valence-electron chi connectivity index (χ3n) is 2.10. The van der Waals surface area contributed by atoms with Gasteiger partial charge in [0.1, 0.15) is 5.82 Å². The molecule has 0 aromatic heterocycles. The average molecular weight is 247 g/mol. The molecule has 0 radical (unpaired) electrons. The molecule has 0 aliphatic heterocycles. The molecule has 1 aromatic rings. The molecule has 0 bridgehead atoms. The summed E-state index contributed by atoms with van der Waals surface area (Å²) in [7, 11) is 2.80. The van der Waals surface area contributed by atoms with Gasteiger partial charge >= 0.3 is 0 Å². The van der Waals surface area contributed by atoms with Gasteiger partial charge in [-0.2, -0.15) is 0 Å². The molecular formula is C11H12ClFO3. The van der Waals surface area contributed by atoms with E-state index in [1.807, 2.05) is 0 Å². The summed E-state index contributed by atoms with van der Waals surface area (Å²) in [6.07, 6.45) is 0. The van der Waals surface area contributed by atoms with Crippen LogP contribution in [0.4, 0.5) is 4.39 Å². The van der Waals surface area contributed by atoms with Crippen LogP contribution in [-0.2, 0) is 0 Å². The van der Waals surface area contributed by atoms with Crippen molar-refractivity contribution in [2.24, 2.45) is 0 Å². The summed E-state index contributed by atoms with van der Waals surface area (Å²) in [5.74, 6) is -0.626. The van der Waals surface area contributed by atoms with Gasteiger partial charge in [0.2, 0.25) is 0 Å². The van der Waals surface area contributed by atoms with Crippen molar-refractivity contribution in [1.82, 2.24) is 0 Å². The number of rotatable bonds is 4. The van der Waals surface area contributed by atoms with Crippen LogP contribution in [0, 0.1) is 5.82 Å². The molecule has 0 aliphatic rings. The van der Waals surface area contributed by atoms with Crippen molar-refractivity contribution in [1.29, 1.82) is 0 Å². The first-order valence-corrected chi connectivity index (χ1v) is 5.04. The van der Waals surface area contributed by atoms with Gasteiger partial charge in [-0.1, -0.05) is 0 Å². The minimum atomic E-state index is -0.785.